The van der Waals surface area contributed by atoms with Gasteiger partial charge in [0.15, 0.2) is 5.92 Å². The molecule has 0 amide bonds. The summed E-state index contributed by atoms with van der Waals surface area (Å²) in [6.07, 6.45) is -2.84. The minimum atomic E-state index is -4.45. The Morgan fingerprint density at radius 1 is 1.26 bits per heavy atom. The van der Waals surface area contributed by atoms with Crippen LogP contribution in [0.1, 0.15) is 22.7 Å². The minimum Gasteiger partial charge on any atom is -0.468 e. The summed E-state index contributed by atoms with van der Waals surface area (Å²) < 4.78 is 42.6. The molecule has 4 nitrogen and oxygen atoms in total. The number of nitriles is 1. The van der Waals surface area contributed by atoms with Gasteiger partial charge in [0.2, 0.25) is 0 Å². The smallest absolute Gasteiger partial charge is 0.416 e. The number of halogens is 3. The molecule has 1 heterocycles. The normalized spacial score (nSPS) is 13.9. The number of ether oxygens (including phenoxy) is 1. The molecule has 0 saturated heterocycles. The molecule has 1 aromatic heterocycles. The summed E-state index contributed by atoms with van der Waals surface area (Å²) in [6, 6.07) is 9.59. The van der Waals surface area contributed by atoms with Gasteiger partial charge in [-0.15, -0.1) is 0 Å². The summed E-state index contributed by atoms with van der Waals surface area (Å²) in [5.41, 5.74) is 0.164. The Balaban J connectivity index is 2.47. The molecule has 1 N–H and O–H groups in total. The van der Waals surface area contributed by atoms with E-state index < -0.39 is 29.5 Å². The molecule has 7 heteroatoms. The fourth-order valence-corrected chi connectivity index (χ4v) is 2.36. The van der Waals surface area contributed by atoms with Crippen LogP contribution in [0.15, 0.2) is 42.6 Å². The Labute approximate surface area is 130 Å². The highest BCUT2D eigenvalue weighted by Gasteiger charge is 2.34. The molecule has 1 aromatic carbocycles. The van der Waals surface area contributed by atoms with Crippen LogP contribution in [0.3, 0.4) is 0 Å². The number of esters is 1. The quantitative estimate of drug-likeness (QED) is 0.877. The van der Waals surface area contributed by atoms with Gasteiger partial charge in [0.25, 0.3) is 0 Å². The average Bonchev–Trinajstić information content (AvgIpc) is 3.05. The number of nitrogens with zero attached hydrogens (tertiary/aromatic N) is 1. The lowest BCUT2D eigenvalue weighted by Gasteiger charge is -2.20. The van der Waals surface area contributed by atoms with Crippen LogP contribution in [0.2, 0.25) is 0 Å². The first-order chi connectivity index (χ1) is 10.9. The van der Waals surface area contributed by atoms with Crippen molar-refractivity contribution in [1.82, 2.24) is 4.98 Å². The van der Waals surface area contributed by atoms with E-state index in [1.54, 1.807) is 18.3 Å². The number of carbonyl (C=O) groups is 1. The average molecular weight is 322 g/mol. The Kier molecular flexibility index (Phi) is 4.74. The molecule has 0 fully saturated rings. The van der Waals surface area contributed by atoms with Crippen molar-refractivity contribution in [3.05, 3.63) is 59.4 Å². The maximum atomic E-state index is 12.7. The van der Waals surface area contributed by atoms with E-state index in [1.165, 1.54) is 12.1 Å². The summed E-state index contributed by atoms with van der Waals surface area (Å²) in [5.74, 6) is -2.66. The lowest BCUT2D eigenvalue weighted by Crippen LogP contribution is -2.23. The van der Waals surface area contributed by atoms with Crippen molar-refractivity contribution in [3.8, 4) is 6.07 Å². The van der Waals surface area contributed by atoms with E-state index >= 15 is 0 Å². The third-order valence-electron chi connectivity index (χ3n) is 3.48. The molecule has 23 heavy (non-hydrogen) atoms. The van der Waals surface area contributed by atoms with Crippen LogP contribution in [0.5, 0.6) is 0 Å². The standard InChI is InChI=1S/C16H13F3N2O2/c1-23-15(22)12(9-20)14(13-3-2-8-21-13)10-4-6-11(7-5-10)16(17,18)19/h2-8,12,14,21H,1H3. The van der Waals surface area contributed by atoms with Crippen molar-refractivity contribution in [3.63, 3.8) is 0 Å². The van der Waals surface area contributed by atoms with Crippen molar-refractivity contribution in [2.24, 2.45) is 5.92 Å². The van der Waals surface area contributed by atoms with E-state index in [2.05, 4.69) is 9.72 Å². The molecule has 0 radical (unpaired) electrons. The second-order valence-corrected chi connectivity index (χ2v) is 4.85. The first-order valence-electron chi connectivity index (χ1n) is 6.66. The van der Waals surface area contributed by atoms with Crippen LogP contribution in [-0.4, -0.2) is 18.1 Å². The molecule has 2 rings (SSSR count). The molecular weight excluding hydrogens is 309 g/mol. The van der Waals surface area contributed by atoms with E-state index in [-0.39, 0.29) is 0 Å². The maximum absolute atomic E-state index is 12.7. The molecule has 0 spiro atoms. The van der Waals surface area contributed by atoms with Gasteiger partial charge in [-0.1, -0.05) is 12.1 Å². The van der Waals surface area contributed by atoms with Crippen LogP contribution in [0, 0.1) is 17.2 Å². The number of carbonyl (C=O) groups excluding carboxylic acids is 1. The van der Waals surface area contributed by atoms with Crippen LogP contribution >= 0.6 is 0 Å². The minimum absolute atomic E-state index is 0.414. The zero-order valence-electron chi connectivity index (χ0n) is 12.1. The van der Waals surface area contributed by atoms with Crippen molar-refractivity contribution >= 4 is 5.97 Å². The predicted molar refractivity (Wildman–Crippen MR) is 75.2 cm³/mol. The van der Waals surface area contributed by atoms with Crippen LogP contribution < -0.4 is 0 Å². The Morgan fingerprint density at radius 3 is 2.35 bits per heavy atom. The monoisotopic (exact) mass is 322 g/mol. The van der Waals surface area contributed by atoms with Crippen molar-refractivity contribution in [2.75, 3.05) is 7.11 Å². The van der Waals surface area contributed by atoms with Gasteiger partial charge in [-0.2, -0.15) is 18.4 Å². The van der Waals surface area contributed by atoms with Crippen molar-refractivity contribution in [1.29, 1.82) is 5.26 Å². The van der Waals surface area contributed by atoms with E-state index in [4.69, 9.17) is 0 Å². The van der Waals surface area contributed by atoms with Gasteiger partial charge in [0, 0.05) is 11.9 Å². The fraction of sp³-hybridized carbons (Fsp3) is 0.250. The highest BCUT2D eigenvalue weighted by Crippen LogP contribution is 2.34. The molecule has 0 aliphatic carbocycles. The molecule has 2 aromatic rings. The van der Waals surface area contributed by atoms with Gasteiger partial charge in [-0.05, 0) is 29.8 Å². The van der Waals surface area contributed by atoms with Crippen LogP contribution in [0.25, 0.3) is 0 Å². The first-order valence-corrected chi connectivity index (χ1v) is 6.66. The molecule has 0 aliphatic rings. The van der Waals surface area contributed by atoms with Crippen LogP contribution in [0.4, 0.5) is 13.2 Å². The first kappa shape index (κ1) is 16.6. The van der Waals surface area contributed by atoms with Gasteiger partial charge in [0.1, 0.15) is 0 Å². The third-order valence-corrected chi connectivity index (χ3v) is 3.48. The predicted octanol–water partition coefficient (Wildman–Crippen LogP) is 3.48. The highest BCUT2D eigenvalue weighted by molar-refractivity contribution is 5.77. The molecule has 2 atom stereocenters. The molecule has 2 unspecified atom stereocenters. The van der Waals surface area contributed by atoms with Gasteiger partial charge in [-0.3, -0.25) is 4.79 Å². The topological polar surface area (TPSA) is 65.9 Å². The summed E-state index contributed by atoms with van der Waals surface area (Å²) in [7, 11) is 1.16. The van der Waals surface area contributed by atoms with Crippen molar-refractivity contribution in [2.45, 2.75) is 12.1 Å². The number of hydrogen-bond donors (Lipinski definition) is 1. The number of benzene rings is 1. The summed E-state index contributed by atoms with van der Waals surface area (Å²) in [5, 5.41) is 9.30. The number of methoxy groups -OCH3 is 1. The van der Waals surface area contributed by atoms with Crippen LogP contribution in [-0.2, 0) is 15.7 Å². The number of alkyl halides is 3. The number of aromatic amines is 1. The van der Waals surface area contributed by atoms with E-state index in [0.29, 0.717) is 11.3 Å². The van der Waals surface area contributed by atoms with Gasteiger partial charge in [0.05, 0.1) is 24.7 Å². The second kappa shape index (κ2) is 6.57. The number of nitrogens with one attached hydrogen (secondary N) is 1. The second-order valence-electron chi connectivity index (χ2n) is 4.85. The third kappa shape index (κ3) is 3.54. The van der Waals surface area contributed by atoms with Gasteiger partial charge >= 0.3 is 12.1 Å². The maximum Gasteiger partial charge on any atom is 0.416 e. The largest absolute Gasteiger partial charge is 0.468 e. The van der Waals surface area contributed by atoms with E-state index in [1.807, 2.05) is 6.07 Å². The lowest BCUT2D eigenvalue weighted by atomic mass is 9.84. The number of rotatable bonds is 4. The number of aromatic nitrogens is 1. The number of hydrogen-bond acceptors (Lipinski definition) is 3. The molecule has 0 bridgehead atoms. The zero-order valence-corrected chi connectivity index (χ0v) is 12.1. The Bertz CT molecular complexity index is 700. The SMILES string of the molecule is COC(=O)C(C#N)C(c1ccc(C(F)(F)F)cc1)c1ccc[nH]1. The molecule has 0 saturated carbocycles. The van der Waals surface area contributed by atoms with E-state index in [9.17, 15) is 23.2 Å². The van der Waals surface area contributed by atoms with Gasteiger partial charge < -0.3 is 9.72 Å². The fourth-order valence-electron chi connectivity index (χ4n) is 2.36. The lowest BCUT2D eigenvalue weighted by molar-refractivity contribution is -0.144. The molecule has 0 aliphatic heterocycles. The molecular formula is C16H13F3N2O2. The summed E-state index contributed by atoms with van der Waals surface area (Å²) in [6.45, 7) is 0. The van der Waals surface area contributed by atoms with E-state index in [0.717, 1.165) is 19.2 Å². The molecule has 120 valence electrons. The van der Waals surface area contributed by atoms with Crippen molar-refractivity contribution < 1.29 is 22.7 Å². The number of H-pyrrole nitrogens is 1. The zero-order chi connectivity index (χ0) is 17.0. The van der Waals surface area contributed by atoms with Gasteiger partial charge in [-0.25, -0.2) is 0 Å². The Morgan fingerprint density at radius 2 is 1.91 bits per heavy atom. The highest BCUT2D eigenvalue weighted by atomic mass is 19.4. The summed E-state index contributed by atoms with van der Waals surface area (Å²) in [4.78, 5) is 14.7. The summed E-state index contributed by atoms with van der Waals surface area (Å²) >= 11 is 0. The Hall–Kier alpha value is -2.75.